The number of rotatable bonds is 6. The smallest absolute Gasteiger partial charge is 0.422 e. The Morgan fingerprint density at radius 1 is 1.30 bits per heavy atom. The first-order valence-electron chi connectivity index (χ1n) is 9.31. The number of furan rings is 1. The Balaban J connectivity index is 2.14. The second-order valence-corrected chi connectivity index (χ2v) is 7.08. The van der Waals surface area contributed by atoms with Crippen molar-refractivity contribution < 1.29 is 36.2 Å². The molecule has 30 heavy (non-hydrogen) atoms. The van der Waals surface area contributed by atoms with Crippen LogP contribution < -0.4 is 14.8 Å². The molecule has 0 aliphatic heterocycles. The van der Waals surface area contributed by atoms with E-state index in [0.29, 0.717) is 5.39 Å². The summed E-state index contributed by atoms with van der Waals surface area (Å²) >= 11 is 0. The van der Waals surface area contributed by atoms with Gasteiger partial charge in [0.1, 0.15) is 17.2 Å². The van der Waals surface area contributed by atoms with E-state index in [2.05, 4.69) is 5.32 Å². The number of alkyl halides is 3. The van der Waals surface area contributed by atoms with E-state index in [9.17, 15) is 22.4 Å². The average molecular weight is 427 g/mol. The number of halogens is 4. The van der Waals surface area contributed by atoms with Crippen molar-refractivity contribution in [3.63, 3.8) is 0 Å². The lowest BCUT2D eigenvalue weighted by Gasteiger charge is -2.16. The highest BCUT2D eigenvalue weighted by Crippen LogP contribution is 2.41. The van der Waals surface area contributed by atoms with Gasteiger partial charge in [0.15, 0.2) is 18.1 Å². The van der Waals surface area contributed by atoms with Crippen LogP contribution in [-0.2, 0) is 0 Å². The molecule has 0 saturated heterocycles. The second-order valence-electron chi connectivity index (χ2n) is 7.08. The van der Waals surface area contributed by atoms with Crippen LogP contribution in [0.4, 0.5) is 17.6 Å². The van der Waals surface area contributed by atoms with Crippen molar-refractivity contribution in [2.24, 2.45) is 0 Å². The van der Waals surface area contributed by atoms with Crippen LogP contribution in [0.3, 0.4) is 0 Å². The van der Waals surface area contributed by atoms with E-state index < -0.39 is 24.6 Å². The molecule has 1 aromatic carbocycles. The van der Waals surface area contributed by atoms with Crippen LogP contribution in [0.15, 0.2) is 40.6 Å². The van der Waals surface area contributed by atoms with Crippen molar-refractivity contribution >= 4 is 16.9 Å². The van der Waals surface area contributed by atoms with E-state index in [4.69, 9.17) is 13.9 Å². The average Bonchev–Trinajstić information content (AvgIpc) is 3.03. The first-order valence-corrected chi connectivity index (χ1v) is 9.31. The van der Waals surface area contributed by atoms with Gasteiger partial charge in [-0.15, -0.1) is 0 Å². The van der Waals surface area contributed by atoms with Gasteiger partial charge >= 0.3 is 6.18 Å². The van der Waals surface area contributed by atoms with Crippen molar-refractivity contribution in [1.29, 1.82) is 0 Å². The Hall–Kier alpha value is -2.97. The fourth-order valence-corrected chi connectivity index (χ4v) is 3.15. The van der Waals surface area contributed by atoms with Crippen LogP contribution >= 0.6 is 0 Å². The van der Waals surface area contributed by atoms with E-state index >= 15 is 0 Å². The van der Waals surface area contributed by atoms with Gasteiger partial charge in [-0.3, -0.25) is 4.79 Å². The predicted octanol–water partition coefficient (Wildman–Crippen LogP) is 5.42. The van der Waals surface area contributed by atoms with Crippen LogP contribution in [-0.4, -0.2) is 31.8 Å². The van der Waals surface area contributed by atoms with Gasteiger partial charge in [0, 0.05) is 24.4 Å². The number of nitrogens with one attached hydrogen (secondary N) is 1. The monoisotopic (exact) mass is 427 g/mol. The number of amides is 1. The standard InChI is InChI=1S/C21H21F4NO4/c1-11(2)29-17-8-14-15(9-16(17)28-10-21(23,24)25)30-19(18(14)20(27)26-3)12-4-6-13(22)7-5-12/h4,6-9,11-12H,5,10H2,1-3H3,(H,26,27). The summed E-state index contributed by atoms with van der Waals surface area (Å²) in [6.07, 6.45) is -0.378. The van der Waals surface area contributed by atoms with E-state index in [1.807, 2.05) is 0 Å². The Morgan fingerprint density at radius 3 is 2.60 bits per heavy atom. The lowest BCUT2D eigenvalue weighted by Crippen LogP contribution is -2.20. The molecule has 3 rings (SSSR count). The molecule has 1 amide bonds. The Kier molecular flexibility index (Phi) is 6.09. The zero-order valence-electron chi connectivity index (χ0n) is 16.6. The molecule has 0 bridgehead atoms. The van der Waals surface area contributed by atoms with Crippen LogP contribution in [0.1, 0.15) is 42.3 Å². The number of ether oxygens (including phenoxy) is 2. The predicted molar refractivity (Wildman–Crippen MR) is 103 cm³/mol. The summed E-state index contributed by atoms with van der Waals surface area (Å²) in [6, 6.07) is 2.71. The fraction of sp³-hybridized carbons (Fsp3) is 0.381. The number of carbonyl (C=O) groups excluding carboxylic acids is 1. The minimum Gasteiger partial charge on any atom is -0.487 e. The SMILES string of the molecule is CNC(=O)c1c(C2C=CC(F)=CC2)oc2cc(OCC(F)(F)F)c(OC(C)C)cc12. The van der Waals surface area contributed by atoms with Crippen molar-refractivity contribution in [3.8, 4) is 11.5 Å². The van der Waals surface area contributed by atoms with E-state index in [1.165, 1.54) is 31.3 Å². The Bertz CT molecular complexity index is 1000. The maximum atomic E-state index is 13.4. The summed E-state index contributed by atoms with van der Waals surface area (Å²) in [7, 11) is 1.45. The highest BCUT2D eigenvalue weighted by atomic mass is 19.4. The molecule has 1 unspecified atom stereocenters. The van der Waals surface area contributed by atoms with Crippen LogP contribution in [0, 0.1) is 0 Å². The molecule has 9 heteroatoms. The molecule has 1 atom stereocenters. The summed E-state index contributed by atoms with van der Waals surface area (Å²) < 4.78 is 67.7. The van der Waals surface area contributed by atoms with Crippen LogP contribution in [0.2, 0.25) is 0 Å². The lowest BCUT2D eigenvalue weighted by molar-refractivity contribution is -0.153. The number of benzene rings is 1. The normalized spacial score (nSPS) is 16.7. The second kappa shape index (κ2) is 8.41. The van der Waals surface area contributed by atoms with Gasteiger partial charge in [0.05, 0.1) is 11.7 Å². The van der Waals surface area contributed by atoms with Crippen LogP contribution in [0.5, 0.6) is 11.5 Å². The molecule has 0 fully saturated rings. The van der Waals surface area contributed by atoms with Gasteiger partial charge < -0.3 is 19.2 Å². The van der Waals surface area contributed by atoms with Gasteiger partial charge in [0.2, 0.25) is 0 Å². The van der Waals surface area contributed by atoms with Gasteiger partial charge in [-0.2, -0.15) is 13.2 Å². The van der Waals surface area contributed by atoms with Gasteiger partial charge in [-0.1, -0.05) is 6.08 Å². The topological polar surface area (TPSA) is 60.7 Å². The summed E-state index contributed by atoms with van der Waals surface area (Å²) in [5.74, 6) is -1.04. The Labute approximate surface area is 170 Å². The van der Waals surface area contributed by atoms with Gasteiger partial charge in [-0.25, -0.2) is 4.39 Å². The number of fused-ring (bicyclic) bond motifs is 1. The molecule has 0 radical (unpaired) electrons. The van der Waals surface area contributed by atoms with E-state index in [-0.39, 0.29) is 46.8 Å². The minimum absolute atomic E-state index is 0.0596. The summed E-state index contributed by atoms with van der Waals surface area (Å²) in [6.45, 7) is 1.93. The highest BCUT2D eigenvalue weighted by molar-refractivity contribution is 6.08. The molecular weight excluding hydrogens is 406 g/mol. The molecule has 1 N–H and O–H groups in total. The first-order chi connectivity index (χ1) is 14.1. The molecule has 1 aliphatic carbocycles. The molecule has 162 valence electrons. The zero-order chi connectivity index (χ0) is 22.1. The third-order valence-electron chi connectivity index (χ3n) is 4.38. The summed E-state index contributed by atoms with van der Waals surface area (Å²) in [5, 5.41) is 2.90. The molecule has 5 nitrogen and oxygen atoms in total. The highest BCUT2D eigenvalue weighted by Gasteiger charge is 2.31. The summed E-state index contributed by atoms with van der Waals surface area (Å²) in [5.41, 5.74) is 0.383. The molecule has 0 spiro atoms. The third kappa shape index (κ3) is 4.77. The number of carbonyl (C=O) groups is 1. The summed E-state index contributed by atoms with van der Waals surface area (Å²) in [4.78, 5) is 12.6. The van der Waals surface area contributed by atoms with Crippen molar-refractivity contribution in [2.45, 2.75) is 38.5 Å². The molecule has 2 aromatic rings. The first kappa shape index (κ1) is 21.7. The maximum Gasteiger partial charge on any atom is 0.422 e. The van der Waals surface area contributed by atoms with Gasteiger partial charge in [0.25, 0.3) is 5.91 Å². The fourth-order valence-electron chi connectivity index (χ4n) is 3.15. The third-order valence-corrected chi connectivity index (χ3v) is 4.38. The number of hydrogen-bond donors (Lipinski definition) is 1. The maximum absolute atomic E-state index is 13.4. The number of allylic oxidation sites excluding steroid dienone is 4. The molecule has 1 heterocycles. The zero-order valence-corrected chi connectivity index (χ0v) is 16.6. The van der Waals surface area contributed by atoms with Gasteiger partial charge in [-0.05, 0) is 38.5 Å². The van der Waals surface area contributed by atoms with Crippen molar-refractivity contribution in [2.75, 3.05) is 13.7 Å². The number of hydrogen-bond acceptors (Lipinski definition) is 4. The van der Waals surface area contributed by atoms with Crippen LogP contribution in [0.25, 0.3) is 11.0 Å². The molecular formula is C21H21F4NO4. The van der Waals surface area contributed by atoms with E-state index in [0.717, 1.165) is 0 Å². The minimum atomic E-state index is -4.53. The quantitative estimate of drug-likeness (QED) is 0.626. The van der Waals surface area contributed by atoms with Crippen molar-refractivity contribution in [1.82, 2.24) is 5.32 Å². The molecule has 1 aromatic heterocycles. The molecule has 0 saturated carbocycles. The largest absolute Gasteiger partial charge is 0.487 e. The lowest BCUT2D eigenvalue weighted by atomic mass is 9.94. The Morgan fingerprint density at radius 2 is 2.03 bits per heavy atom. The van der Waals surface area contributed by atoms with E-state index in [1.54, 1.807) is 19.9 Å². The van der Waals surface area contributed by atoms with Crippen molar-refractivity contribution in [3.05, 3.63) is 47.5 Å². The molecule has 1 aliphatic rings.